The molecule has 0 aliphatic heterocycles. The van der Waals surface area contributed by atoms with Crippen LogP contribution < -0.4 is 20.7 Å². The fourth-order valence-corrected chi connectivity index (χ4v) is 3.60. The van der Waals surface area contributed by atoms with Crippen LogP contribution in [-0.4, -0.2) is 48.2 Å². The molecule has 36 heavy (non-hydrogen) atoms. The number of carbonyl (C=O) groups is 4. The molecule has 194 valence electrons. The van der Waals surface area contributed by atoms with E-state index in [0.29, 0.717) is 17.7 Å². The Balaban J connectivity index is 2.26. The SMILES string of the molecule is COc1cccc(C(=O)N[C@@H](CC(C)C)C(=O)NC(Cc2ccccc2)C(=O)C(=O)NC(C)(C)C)c1. The summed E-state index contributed by atoms with van der Waals surface area (Å²) in [6.07, 6.45) is 0.489. The van der Waals surface area contributed by atoms with Gasteiger partial charge in [-0.1, -0.05) is 50.2 Å². The number of rotatable bonds is 11. The highest BCUT2D eigenvalue weighted by Crippen LogP contribution is 2.14. The number of Topliss-reactive ketones (excluding diaryl/α,β-unsaturated/α-hetero) is 1. The zero-order valence-corrected chi connectivity index (χ0v) is 21.9. The Hall–Kier alpha value is -3.68. The first-order chi connectivity index (χ1) is 16.9. The molecule has 0 radical (unpaired) electrons. The molecule has 0 heterocycles. The highest BCUT2D eigenvalue weighted by Gasteiger charge is 2.32. The van der Waals surface area contributed by atoms with E-state index >= 15 is 0 Å². The molecule has 0 aliphatic carbocycles. The number of methoxy groups -OCH3 is 1. The Kier molecular flexibility index (Phi) is 10.2. The predicted octanol–water partition coefficient (Wildman–Crippen LogP) is 3.05. The number of ketones is 1. The topological polar surface area (TPSA) is 114 Å². The largest absolute Gasteiger partial charge is 0.497 e. The smallest absolute Gasteiger partial charge is 0.290 e. The lowest BCUT2D eigenvalue weighted by Gasteiger charge is -2.25. The van der Waals surface area contributed by atoms with Gasteiger partial charge in [0.25, 0.3) is 11.8 Å². The molecule has 0 aromatic heterocycles. The highest BCUT2D eigenvalue weighted by molar-refractivity contribution is 6.38. The van der Waals surface area contributed by atoms with Gasteiger partial charge in [-0.2, -0.15) is 0 Å². The molecule has 3 N–H and O–H groups in total. The summed E-state index contributed by atoms with van der Waals surface area (Å²) in [5.41, 5.74) is 0.525. The first-order valence-electron chi connectivity index (χ1n) is 12.0. The minimum absolute atomic E-state index is 0.0822. The van der Waals surface area contributed by atoms with E-state index in [0.717, 1.165) is 5.56 Å². The Bertz CT molecular complexity index is 1060. The van der Waals surface area contributed by atoms with Crippen LogP contribution in [0.3, 0.4) is 0 Å². The van der Waals surface area contributed by atoms with E-state index in [1.807, 2.05) is 44.2 Å². The Morgan fingerprint density at radius 2 is 1.56 bits per heavy atom. The summed E-state index contributed by atoms with van der Waals surface area (Å²) in [7, 11) is 1.51. The van der Waals surface area contributed by atoms with Gasteiger partial charge in [0.05, 0.1) is 7.11 Å². The minimum Gasteiger partial charge on any atom is -0.497 e. The lowest BCUT2D eigenvalue weighted by Crippen LogP contribution is -2.56. The maximum atomic E-state index is 13.3. The van der Waals surface area contributed by atoms with Gasteiger partial charge in [0.2, 0.25) is 11.7 Å². The summed E-state index contributed by atoms with van der Waals surface area (Å²) >= 11 is 0. The molecular formula is C28H37N3O5. The summed E-state index contributed by atoms with van der Waals surface area (Å²) in [6.45, 7) is 9.18. The van der Waals surface area contributed by atoms with Gasteiger partial charge in [-0.15, -0.1) is 0 Å². The molecule has 0 saturated carbocycles. The lowest BCUT2D eigenvalue weighted by molar-refractivity contribution is -0.141. The molecule has 0 bridgehead atoms. The number of carbonyl (C=O) groups excluding carboxylic acids is 4. The second kappa shape index (κ2) is 12.9. The van der Waals surface area contributed by atoms with Gasteiger partial charge < -0.3 is 20.7 Å². The van der Waals surface area contributed by atoms with Gasteiger partial charge in [0, 0.05) is 17.5 Å². The van der Waals surface area contributed by atoms with Gasteiger partial charge in [0.1, 0.15) is 17.8 Å². The fourth-order valence-electron chi connectivity index (χ4n) is 3.60. The van der Waals surface area contributed by atoms with Crippen molar-refractivity contribution in [2.45, 2.75) is 65.1 Å². The number of amides is 3. The monoisotopic (exact) mass is 495 g/mol. The molecular weight excluding hydrogens is 458 g/mol. The maximum Gasteiger partial charge on any atom is 0.290 e. The second-order valence-corrected chi connectivity index (χ2v) is 10.2. The van der Waals surface area contributed by atoms with Crippen LogP contribution in [0.25, 0.3) is 0 Å². The number of ether oxygens (including phenoxy) is 1. The molecule has 8 heteroatoms. The highest BCUT2D eigenvalue weighted by atomic mass is 16.5. The quantitative estimate of drug-likeness (QED) is 0.415. The molecule has 2 aromatic carbocycles. The van der Waals surface area contributed by atoms with Crippen molar-refractivity contribution in [1.82, 2.24) is 16.0 Å². The summed E-state index contributed by atoms with van der Waals surface area (Å²) in [4.78, 5) is 52.0. The van der Waals surface area contributed by atoms with Gasteiger partial charge in [-0.25, -0.2) is 0 Å². The van der Waals surface area contributed by atoms with Gasteiger partial charge in [0.15, 0.2) is 0 Å². The normalized spacial score (nSPS) is 12.9. The summed E-state index contributed by atoms with van der Waals surface area (Å²) < 4.78 is 5.18. The van der Waals surface area contributed by atoms with Crippen LogP contribution in [-0.2, 0) is 20.8 Å². The van der Waals surface area contributed by atoms with E-state index in [2.05, 4.69) is 16.0 Å². The molecule has 1 unspecified atom stereocenters. The first kappa shape index (κ1) is 28.6. The van der Waals surface area contributed by atoms with Crippen molar-refractivity contribution in [3.63, 3.8) is 0 Å². The van der Waals surface area contributed by atoms with Crippen molar-refractivity contribution in [3.8, 4) is 5.75 Å². The molecule has 2 aromatic rings. The molecule has 0 saturated heterocycles. The zero-order valence-electron chi connectivity index (χ0n) is 21.9. The lowest BCUT2D eigenvalue weighted by atomic mass is 9.98. The number of benzene rings is 2. The van der Waals surface area contributed by atoms with Crippen LogP contribution in [0.4, 0.5) is 0 Å². The van der Waals surface area contributed by atoms with Crippen molar-refractivity contribution in [1.29, 1.82) is 0 Å². The van der Waals surface area contributed by atoms with Crippen molar-refractivity contribution in [2.24, 2.45) is 5.92 Å². The average molecular weight is 496 g/mol. The third-order valence-electron chi connectivity index (χ3n) is 5.29. The van der Waals surface area contributed by atoms with Gasteiger partial charge >= 0.3 is 0 Å². The molecule has 8 nitrogen and oxygen atoms in total. The maximum absolute atomic E-state index is 13.3. The van der Waals surface area contributed by atoms with E-state index in [4.69, 9.17) is 4.74 Å². The Labute approximate surface area is 213 Å². The summed E-state index contributed by atoms with van der Waals surface area (Å²) in [5, 5.41) is 8.16. The van der Waals surface area contributed by atoms with Crippen LogP contribution in [0.1, 0.15) is 57.0 Å². The zero-order chi connectivity index (χ0) is 26.9. The average Bonchev–Trinajstić information content (AvgIpc) is 2.82. The van der Waals surface area contributed by atoms with Crippen LogP contribution >= 0.6 is 0 Å². The van der Waals surface area contributed by atoms with E-state index in [1.54, 1.807) is 45.0 Å². The van der Waals surface area contributed by atoms with Gasteiger partial charge in [-0.05, 0) is 56.9 Å². The third-order valence-corrected chi connectivity index (χ3v) is 5.29. The standard InChI is InChI=1S/C28H37N3O5/c1-18(2)15-23(30-25(33)20-13-10-14-21(17-20)36-6)26(34)29-22(16-19-11-8-7-9-12-19)24(32)27(35)31-28(3,4)5/h7-14,17-18,22-23H,15-16H2,1-6H3,(H,29,34)(H,30,33)(H,31,35)/t22?,23-/m0/s1. The fraction of sp³-hybridized carbons (Fsp3) is 0.429. The van der Waals surface area contributed by atoms with E-state index in [1.165, 1.54) is 7.11 Å². The van der Waals surface area contributed by atoms with Crippen LogP contribution in [0.5, 0.6) is 5.75 Å². The van der Waals surface area contributed by atoms with Crippen molar-refractivity contribution in [3.05, 3.63) is 65.7 Å². The predicted molar refractivity (Wildman–Crippen MR) is 139 cm³/mol. The molecule has 0 fully saturated rings. The molecule has 2 atom stereocenters. The Morgan fingerprint density at radius 1 is 0.889 bits per heavy atom. The molecule has 2 rings (SSSR count). The number of hydrogen-bond donors (Lipinski definition) is 3. The minimum atomic E-state index is -1.09. The van der Waals surface area contributed by atoms with Crippen molar-refractivity contribution in [2.75, 3.05) is 7.11 Å². The third kappa shape index (κ3) is 9.17. The Morgan fingerprint density at radius 3 is 2.14 bits per heavy atom. The van der Waals surface area contributed by atoms with Crippen LogP contribution in [0.2, 0.25) is 0 Å². The van der Waals surface area contributed by atoms with E-state index in [-0.39, 0.29) is 12.3 Å². The van der Waals surface area contributed by atoms with Crippen molar-refractivity contribution < 1.29 is 23.9 Å². The number of nitrogens with one attached hydrogen (secondary N) is 3. The van der Waals surface area contributed by atoms with Crippen LogP contribution in [0.15, 0.2) is 54.6 Å². The number of hydrogen-bond acceptors (Lipinski definition) is 5. The molecule has 0 aliphatic rings. The van der Waals surface area contributed by atoms with E-state index < -0.39 is 41.1 Å². The molecule has 0 spiro atoms. The van der Waals surface area contributed by atoms with Crippen LogP contribution in [0, 0.1) is 5.92 Å². The summed E-state index contributed by atoms with van der Waals surface area (Å²) in [6, 6.07) is 13.8. The van der Waals surface area contributed by atoms with E-state index in [9.17, 15) is 19.2 Å². The van der Waals surface area contributed by atoms with Crippen molar-refractivity contribution >= 4 is 23.5 Å². The first-order valence-corrected chi connectivity index (χ1v) is 12.0. The molecule has 3 amide bonds. The summed E-state index contributed by atoms with van der Waals surface area (Å²) in [5.74, 6) is -1.89. The second-order valence-electron chi connectivity index (χ2n) is 10.2. The van der Waals surface area contributed by atoms with Gasteiger partial charge in [-0.3, -0.25) is 19.2 Å².